The van der Waals surface area contributed by atoms with E-state index in [0.29, 0.717) is 24.5 Å². The van der Waals surface area contributed by atoms with Crippen LogP contribution in [0.1, 0.15) is 61.3 Å². The Kier molecular flexibility index (Phi) is 5.61. The summed E-state index contributed by atoms with van der Waals surface area (Å²) in [6.07, 6.45) is 2.43. The van der Waals surface area contributed by atoms with Gasteiger partial charge in [-0.3, -0.25) is 0 Å². The van der Waals surface area contributed by atoms with Crippen molar-refractivity contribution in [3.8, 4) is 17.2 Å². The molecule has 3 aliphatic carbocycles. The summed E-state index contributed by atoms with van der Waals surface area (Å²) in [5.74, 6) is 1.93. The maximum absolute atomic E-state index is 10.8. The van der Waals surface area contributed by atoms with Gasteiger partial charge in [0, 0.05) is 23.5 Å². The zero-order valence-corrected chi connectivity index (χ0v) is 19.5. The van der Waals surface area contributed by atoms with E-state index < -0.39 is 6.10 Å². The molecule has 33 heavy (non-hydrogen) atoms. The van der Waals surface area contributed by atoms with Crippen LogP contribution in [0.3, 0.4) is 0 Å². The Hall–Kier alpha value is -2.57. The van der Waals surface area contributed by atoms with Crippen LogP contribution in [0.5, 0.6) is 17.2 Å². The molecule has 2 fully saturated rings. The second kappa shape index (κ2) is 8.33. The van der Waals surface area contributed by atoms with Crippen LogP contribution in [0.25, 0.3) is 0 Å². The van der Waals surface area contributed by atoms with Gasteiger partial charge >= 0.3 is 0 Å². The highest BCUT2D eigenvalue weighted by Gasteiger charge is 2.58. The predicted octanol–water partition coefficient (Wildman–Crippen LogP) is 4.97. The van der Waals surface area contributed by atoms with Crippen LogP contribution in [0.4, 0.5) is 0 Å². The van der Waals surface area contributed by atoms with E-state index in [9.17, 15) is 10.2 Å². The smallest absolute Gasteiger partial charge is 0.160 e. The summed E-state index contributed by atoms with van der Waals surface area (Å²) in [7, 11) is 3.22. The number of hydrogen-bond acceptors (Lipinski definition) is 6. The molecule has 6 atom stereocenters. The molecule has 0 bridgehead atoms. The second-order valence-electron chi connectivity index (χ2n) is 10.1. The minimum absolute atomic E-state index is 0.0475. The molecule has 0 spiro atoms. The van der Waals surface area contributed by atoms with E-state index in [2.05, 4.69) is 6.92 Å². The first-order chi connectivity index (χ1) is 15.9. The van der Waals surface area contributed by atoms with Gasteiger partial charge in [0.05, 0.1) is 33.0 Å². The SMILES string of the molecule is COc1ccc(COC2C[C@@H]3[C@H](CC[C@]4(C)C(O)CC(=N)[C@@H]34)c3cc(OC)c(O)cc32)cc1. The van der Waals surface area contributed by atoms with E-state index in [4.69, 9.17) is 19.6 Å². The fraction of sp³-hybridized carbons (Fsp3) is 0.519. The summed E-state index contributed by atoms with van der Waals surface area (Å²) < 4.78 is 17.2. The topological polar surface area (TPSA) is 92.0 Å². The number of hydrogen-bond donors (Lipinski definition) is 3. The van der Waals surface area contributed by atoms with Crippen LogP contribution < -0.4 is 9.47 Å². The number of phenols is 1. The standard InChI is InChI=1S/C27H33NO5/c1-27-9-8-17-18-11-24(32-3)22(29)10-19(18)23(12-20(17)26(27)21(28)13-25(27)30)33-14-15-4-6-16(31-2)7-5-15/h4-7,10-11,17,20,23,25-26,28-30H,8-9,12-14H2,1-3H3/t17-,20-,23?,25?,26-,27-/m1/s1. The van der Waals surface area contributed by atoms with E-state index in [0.717, 1.165) is 41.7 Å². The Labute approximate surface area is 195 Å². The molecular formula is C27H33NO5. The average Bonchev–Trinajstić information content (AvgIpc) is 3.05. The quantitative estimate of drug-likeness (QED) is 0.597. The van der Waals surface area contributed by atoms with E-state index in [-0.39, 0.29) is 35.0 Å². The van der Waals surface area contributed by atoms with Crippen molar-refractivity contribution in [2.75, 3.05) is 14.2 Å². The lowest BCUT2D eigenvalue weighted by Crippen LogP contribution is -2.46. The first kappa shape index (κ1) is 22.2. The first-order valence-corrected chi connectivity index (χ1v) is 11.8. The van der Waals surface area contributed by atoms with Crippen LogP contribution in [0, 0.1) is 22.7 Å². The van der Waals surface area contributed by atoms with Crippen molar-refractivity contribution in [2.24, 2.45) is 17.3 Å². The fourth-order valence-electron chi connectivity index (χ4n) is 6.66. The zero-order valence-electron chi connectivity index (χ0n) is 19.5. The molecule has 2 aromatic carbocycles. The number of phenolic OH excluding ortho intramolecular Hbond substituents is 1. The molecule has 0 amide bonds. The maximum Gasteiger partial charge on any atom is 0.160 e. The molecule has 3 aliphatic rings. The lowest BCUT2D eigenvalue weighted by Gasteiger charge is -2.51. The first-order valence-electron chi connectivity index (χ1n) is 11.8. The van der Waals surface area contributed by atoms with Crippen molar-refractivity contribution < 1.29 is 24.4 Å². The largest absolute Gasteiger partial charge is 0.504 e. The van der Waals surface area contributed by atoms with E-state index in [1.807, 2.05) is 30.3 Å². The number of aliphatic hydroxyl groups is 1. The minimum Gasteiger partial charge on any atom is -0.504 e. The molecule has 6 nitrogen and oxygen atoms in total. The van der Waals surface area contributed by atoms with Crippen LogP contribution >= 0.6 is 0 Å². The van der Waals surface area contributed by atoms with Gasteiger partial charge in [-0.05, 0) is 72.1 Å². The van der Waals surface area contributed by atoms with Crippen LogP contribution in [-0.2, 0) is 11.3 Å². The number of aliphatic hydroxyl groups excluding tert-OH is 1. The zero-order chi connectivity index (χ0) is 23.3. The molecule has 2 saturated carbocycles. The Morgan fingerprint density at radius 1 is 1.09 bits per heavy atom. The van der Waals surface area contributed by atoms with Crippen LogP contribution in [0.15, 0.2) is 36.4 Å². The summed E-state index contributed by atoms with van der Waals surface area (Å²) in [6.45, 7) is 2.60. The number of rotatable bonds is 5. The second-order valence-corrected chi connectivity index (χ2v) is 10.1. The van der Waals surface area contributed by atoms with Crippen molar-refractivity contribution in [1.29, 1.82) is 5.41 Å². The predicted molar refractivity (Wildman–Crippen MR) is 125 cm³/mol. The van der Waals surface area contributed by atoms with Gasteiger partial charge in [0.15, 0.2) is 11.5 Å². The molecule has 0 aromatic heterocycles. The normalized spacial score (nSPS) is 32.6. The summed E-state index contributed by atoms with van der Waals surface area (Å²) in [6, 6.07) is 11.6. The number of nitrogens with one attached hydrogen (secondary N) is 1. The van der Waals surface area contributed by atoms with Crippen LogP contribution in [-0.4, -0.2) is 36.2 Å². The monoisotopic (exact) mass is 451 g/mol. The highest BCUT2D eigenvalue weighted by Crippen LogP contribution is 2.62. The third kappa shape index (κ3) is 3.60. The molecule has 0 saturated heterocycles. The third-order valence-corrected chi connectivity index (χ3v) is 8.43. The molecule has 3 N–H and O–H groups in total. The molecular weight excluding hydrogens is 418 g/mol. The van der Waals surface area contributed by atoms with Gasteiger partial charge in [0.2, 0.25) is 0 Å². The van der Waals surface area contributed by atoms with Crippen molar-refractivity contribution in [1.82, 2.24) is 0 Å². The molecule has 0 aliphatic heterocycles. The number of ether oxygens (including phenoxy) is 3. The molecule has 5 rings (SSSR count). The average molecular weight is 452 g/mol. The van der Waals surface area contributed by atoms with Crippen molar-refractivity contribution >= 4 is 5.71 Å². The molecule has 0 heterocycles. The van der Waals surface area contributed by atoms with Gasteiger partial charge in [0.1, 0.15) is 5.75 Å². The fourth-order valence-corrected chi connectivity index (χ4v) is 6.66. The Morgan fingerprint density at radius 3 is 2.55 bits per heavy atom. The van der Waals surface area contributed by atoms with Crippen molar-refractivity contribution in [3.05, 3.63) is 53.1 Å². The highest BCUT2D eigenvalue weighted by molar-refractivity contribution is 5.88. The van der Waals surface area contributed by atoms with Gasteiger partial charge < -0.3 is 29.8 Å². The summed E-state index contributed by atoms with van der Waals surface area (Å²) >= 11 is 0. The van der Waals surface area contributed by atoms with Crippen molar-refractivity contribution in [2.45, 2.75) is 57.3 Å². The Morgan fingerprint density at radius 2 is 1.85 bits per heavy atom. The molecule has 6 heteroatoms. The van der Waals surface area contributed by atoms with E-state index in [1.165, 1.54) is 0 Å². The van der Waals surface area contributed by atoms with Crippen molar-refractivity contribution in [3.63, 3.8) is 0 Å². The number of aromatic hydroxyl groups is 1. The van der Waals surface area contributed by atoms with Gasteiger partial charge in [0.25, 0.3) is 0 Å². The van der Waals surface area contributed by atoms with Gasteiger partial charge in [-0.25, -0.2) is 0 Å². The Balaban J connectivity index is 1.50. The van der Waals surface area contributed by atoms with Gasteiger partial charge in [-0.15, -0.1) is 0 Å². The molecule has 2 unspecified atom stereocenters. The van der Waals surface area contributed by atoms with Crippen LogP contribution in [0.2, 0.25) is 0 Å². The summed E-state index contributed by atoms with van der Waals surface area (Å²) in [5.41, 5.74) is 3.63. The van der Waals surface area contributed by atoms with Gasteiger partial charge in [-0.2, -0.15) is 0 Å². The number of methoxy groups -OCH3 is 2. The third-order valence-electron chi connectivity index (χ3n) is 8.43. The lowest BCUT2D eigenvalue weighted by molar-refractivity contribution is -0.0462. The summed E-state index contributed by atoms with van der Waals surface area (Å²) in [5, 5.41) is 30.0. The molecule has 176 valence electrons. The lowest BCUT2D eigenvalue weighted by atomic mass is 9.54. The van der Waals surface area contributed by atoms with Gasteiger partial charge in [-0.1, -0.05) is 19.1 Å². The summed E-state index contributed by atoms with van der Waals surface area (Å²) in [4.78, 5) is 0. The number of fused-ring (bicyclic) bond motifs is 5. The maximum atomic E-state index is 10.8. The van der Waals surface area contributed by atoms with E-state index in [1.54, 1.807) is 20.3 Å². The highest BCUT2D eigenvalue weighted by atomic mass is 16.5. The minimum atomic E-state index is -0.453. The molecule has 0 radical (unpaired) electrons. The number of benzene rings is 2. The molecule has 2 aromatic rings. The van der Waals surface area contributed by atoms with E-state index >= 15 is 0 Å². The Bertz CT molecular complexity index is 1050.